The van der Waals surface area contributed by atoms with Crippen LogP contribution in [0.2, 0.25) is 0 Å². The predicted octanol–water partition coefficient (Wildman–Crippen LogP) is 1.49. The molecule has 0 spiro atoms. The number of aromatic nitrogens is 3. The van der Waals surface area contributed by atoms with Crippen molar-refractivity contribution >= 4 is 0 Å². The number of hydrogen-bond donors (Lipinski definition) is 1. The lowest BCUT2D eigenvalue weighted by Crippen LogP contribution is -2.19. The second-order valence-corrected chi connectivity index (χ2v) is 3.60. The summed E-state index contributed by atoms with van der Waals surface area (Å²) in [5.74, 6) is 0. The lowest BCUT2D eigenvalue weighted by molar-refractivity contribution is 0.662. The van der Waals surface area contributed by atoms with E-state index in [1.54, 1.807) is 12.4 Å². The molecule has 0 radical (unpaired) electrons. The van der Waals surface area contributed by atoms with Crippen LogP contribution in [-0.4, -0.2) is 22.0 Å². The first kappa shape index (κ1) is 10.7. The van der Waals surface area contributed by atoms with Crippen LogP contribution in [0.1, 0.15) is 23.0 Å². The Balaban J connectivity index is 2.37. The van der Waals surface area contributed by atoms with E-state index in [-0.39, 0.29) is 6.04 Å². The highest BCUT2D eigenvalue weighted by atomic mass is 14.9. The van der Waals surface area contributed by atoms with Crippen LogP contribution in [0.15, 0.2) is 36.9 Å². The van der Waals surface area contributed by atoms with Crippen LogP contribution in [0, 0.1) is 6.92 Å². The van der Waals surface area contributed by atoms with Crippen molar-refractivity contribution in [2.75, 3.05) is 7.05 Å². The van der Waals surface area contributed by atoms with Gasteiger partial charge in [-0.1, -0.05) is 6.07 Å². The number of rotatable bonds is 3. The number of aryl methyl sites for hydroxylation is 1. The van der Waals surface area contributed by atoms with Crippen molar-refractivity contribution in [3.8, 4) is 0 Å². The molecule has 1 N–H and O–H groups in total. The molecular formula is C12H14N4. The Labute approximate surface area is 94.8 Å². The van der Waals surface area contributed by atoms with Gasteiger partial charge in [0.2, 0.25) is 0 Å². The standard InChI is InChI=1S/C12H14N4/c1-9-4-3-5-11(16-9)12(13-2)10-6-14-8-15-7-10/h3-8,12-13H,1-2H3. The van der Waals surface area contributed by atoms with Crippen LogP contribution >= 0.6 is 0 Å². The normalized spacial score (nSPS) is 12.4. The third kappa shape index (κ3) is 2.23. The molecule has 4 heteroatoms. The van der Waals surface area contributed by atoms with E-state index >= 15 is 0 Å². The van der Waals surface area contributed by atoms with Crippen molar-refractivity contribution < 1.29 is 0 Å². The molecule has 0 saturated heterocycles. The van der Waals surface area contributed by atoms with E-state index in [1.165, 1.54) is 6.33 Å². The van der Waals surface area contributed by atoms with Crippen LogP contribution < -0.4 is 5.32 Å². The average Bonchev–Trinajstić information content (AvgIpc) is 2.31. The molecule has 0 bridgehead atoms. The number of hydrogen-bond acceptors (Lipinski definition) is 4. The molecule has 0 aliphatic carbocycles. The maximum atomic E-state index is 4.50. The zero-order valence-corrected chi connectivity index (χ0v) is 9.38. The Morgan fingerprint density at radius 1 is 1.19 bits per heavy atom. The van der Waals surface area contributed by atoms with Crippen molar-refractivity contribution in [1.82, 2.24) is 20.3 Å². The lowest BCUT2D eigenvalue weighted by Gasteiger charge is -2.15. The van der Waals surface area contributed by atoms with E-state index in [4.69, 9.17) is 0 Å². The summed E-state index contributed by atoms with van der Waals surface area (Å²) < 4.78 is 0. The summed E-state index contributed by atoms with van der Waals surface area (Å²) in [4.78, 5) is 12.5. The predicted molar refractivity (Wildman–Crippen MR) is 61.9 cm³/mol. The minimum atomic E-state index is 0.0427. The van der Waals surface area contributed by atoms with Crippen LogP contribution in [0.3, 0.4) is 0 Å². The monoisotopic (exact) mass is 214 g/mol. The molecule has 82 valence electrons. The Morgan fingerprint density at radius 3 is 2.56 bits per heavy atom. The highest BCUT2D eigenvalue weighted by molar-refractivity contribution is 5.24. The maximum absolute atomic E-state index is 4.50. The Morgan fingerprint density at radius 2 is 1.94 bits per heavy atom. The van der Waals surface area contributed by atoms with Crippen LogP contribution in [0.5, 0.6) is 0 Å². The molecule has 2 aromatic heterocycles. The Kier molecular flexibility index (Phi) is 3.22. The van der Waals surface area contributed by atoms with Gasteiger partial charge in [0.1, 0.15) is 6.33 Å². The largest absolute Gasteiger partial charge is 0.308 e. The zero-order valence-electron chi connectivity index (χ0n) is 9.38. The molecule has 0 aliphatic rings. The summed E-state index contributed by atoms with van der Waals surface area (Å²) >= 11 is 0. The first-order chi connectivity index (χ1) is 7.81. The van der Waals surface area contributed by atoms with Gasteiger partial charge in [0, 0.05) is 23.7 Å². The number of nitrogens with zero attached hydrogens (tertiary/aromatic N) is 3. The molecule has 1 atom stereocenters. The van der Waals surface area contributed by atoms with Crippen molar-refractivity contribution in [3.63, 3.8) is 0 Å². The highest BCUT2D eigenvalue weighted by Crippen LogP contribution is 2.18. The molecular weight excluding hydrogens is 200 g/mol. The average molecular weight is 214 g/mol. The Bertz CT molecular complexity index is 456. The lowest BCUT2D eigenvalue weighted by atomic mass is 10.1. The molecule has 0 aliphatic heterocycles. The molecule has 1 unspecified atom stereocenters. The van der Waals surface area contributed by atoms with E-state index < -0.39 is 0 Å². The smallest absolute Gasteiger partial charge is 0.115 e. The van der Waals surface area contributed by atoms with Gasteiger partial charge in [-0.3, -0.25) is 4.98 Å². The van der Waals surface area contributed by atoms with Gasteiger partial charge >= 0.3 is 0 Å². The van der Waals surface area contributed by atoms with E-state index in [0.717, 1.165) is 17.0 Å². The second kappa shape index (κ2) is 4.81. The van der Waals surface area contributed by atoms with Crippen molar-refractivity contribution in [2.45, 2.75) is 13.0 Å². The molecule has 0 amide bonds. The van der Waals surface area contributed by atoms with E-state index in [1.807, 2.05) is 32.2 Å². The summed E-state index contributed by atoms with van der Waals surface area (Å²) in [5, 5.41) is 3.22. The summed E-state index contributed by atoms with van der Waals surface area (Å²) in [5.41, 5.74) is 3.01. The van der Waals surface area contributed by atoms with Crippen LogP contribution in [-0.2, 0) is 0 Å². The first-order valence-corrected chi connectivity index (χ1v) is 5.17. The molecule has 2 rings (SSSR count). The van der Waals surface area contributed by atoms with E-state index in [0.29, 0.717) is 0 Å². The topological polar surface area (TPSA) is 50.7 Å². The summed E-state index contributed by atoms with van der Waals surface area (Å²) in [6, 6.07) is 6.03. The molecule has 2 heterocycles. The van der Waals surface area contributed by atoms with Crippen molar-refractivity contribution in [2.24, 2.45) is 0 Å². The minimum Gasteiger partial charge on any atom is -0.308 e. The Hall–Kier alpha value is -1.81. The summed E-state index contributed by atoms with van der Waals surface area (Å²) in [6.07, 6.45) is 5.14. The first-order valence-electron chi connectivity index (χ1n) is 5.17. The molecule has 0 saturated carbocycles. The molecule has 0 aromatic carbocycles. The third-order valence-corrected chi connectivity index (χ3v) is 2.41. The van der Waals surface area contributed by atoms with Crippen LogP contribution in [0.25, 0.3) is 0 Å². The maximum Gasteiger partial charge on any atom is 0.115 e. The number of pyridine rings is 1. The number of nitrogens with one attached hydrogen (secondary N) is 1. The van der Waals surface area contributed by atoms with E-state index in [9.17, 15) is 0 Å². The highest BCUT2D eigenvalue weighted by Gasteiger charge is 2.13. The fourth-order valence-electron chi connectivity index (χ4n) is 1.67. The quantitative estimate of drug-likeness (QED) is 0.841. The van der Waals surface area contributed by atoms with Gasteiger partial charge in [-0.15, -0.1) is 0 Å². The zero-order chi connectivity index (χ0) is 11.4. The SMILES string of the molecule is CNC(c1cncnc1)c1cccc(C)n1. The van der Waals surface area contributed by atoms with Gasteiger partial charge in [-0.25, -0.2) is 9.97 Å². The minimum absolute atomic E-state index is 0.0427. The van der Waals surface area contributed by atoms with Crippen LogP contribution in [0.4, 0.5) is 0 Å². The molecule has 0 fully saturated rings. The van der Waals surface area contributed by atoms with E-state index in [2.05, 4.69) is 20.3 Å². The fraction of sp³-hybridized carbons (Fsp3) is 0.250. The third-order valence-electron chi connectivity index (χ3n) is 2.41. The fourth-order valence-corrected chi connectivity index (χ4v) is 1.67. The summed E-state index contributed by atoms with van der Waals surface area (Å²) in [7, 11) is 1.90. The van der Waals surface area contributed by atoms with Gasteiger partial charge < -0.3 is 5.32 Å². The van der Waals surface area contributed by atoms with Gasteiger partial charge in [-0.2, -0.15) is 0 Å². The van der Waals surface area contributed by atoms with Crippen molar-refractivity contribution in [1.29, 1.82) is 0 Å². The molecule has 4 nitrogen and oxygen atoms in total. The van der Waals surface area contributed by atoms with Gasteiger partial charge in [0.15, 0.2) is 0 Å². The second-order valence-electron chi connectivity index (χ2n) is 3.60. The van der Waals surface area contributed by atoms with Gasteiger partial charge in [-0.05, 0) is 26.1 Å². The van der Waals surface area contributed by atoms with Crippen molar-refractivity contribution in [3.05, 3.63) is 53.9 Å². The molecule has 16 heavy (non-hydrogen) atoms. The van der Waals surface area contributed by atoms with Gasteiger partial charge in [0.05, 0.1) is 11.7 Å². The summed E-state index contributed by atoms with van der Waals surface area (Å²) in [6.45, 7) is 1.98. The molecule has 2 aromatic rings. The van der Waals surface area contributed by atoms with Gasteiger partial charge in [0.25, 0.3) is 0 Å².